The van der Waals surface area contributed by atoms with Gasteiger partial charge in [0.15, 0.2) is 0 Å². The first kappa shape index (κ1) is 17.6. The Bertz CT molecular complexity index is 822. The molecule has 1 saturated heterocycles. The Balaban J connectivity index is 1.71. The van der Waals surface area contributed by atoms with Gasteiger partial charge in [-0.3, -0.25) is 9.69 Å². The molecule has 0 saturated carbocycles. The Labute approximate surface area is 156 Å². The zero-order valence-electron chi connectivity index (χ0n) is 16.4. The van der Waals surface area contributed by atoms with Gasteiger partial charge in [-0.1, -0.05) is 32.9 Å². The molecule has 2 heterocycles. The molecule has 2 N–H and O–H groups in total. The predicted octanol–water partition coefficient (Wildman–Crippen LogP) is 3.74. The number of benzene rings is 1. The Morgan fingerprint density at radius 2 is 2.19 bits per heavy atom. The van der Waals surface area contributed by atoms with E-state index in [-0.39, 0.29) is 17.9 Å². The average Bonchev–Trinajstić information content (AvgIpc) is 2.93. The molecule has 0 bridgehead atoms. The van der Waals surface area contributed by atoms with Crippen LogP contribution in [-0.4, -0.2) is 41.0 Å². The Kier molecular flexibility index (Phi) is 4.55. The van der Waals surface area contributed by atoms with Crippen molar-refractivity contribution < 1.29 is 4.79 Å². The van der Waals surface area contributed by atoms with Gasteiger partial charge in [0, 0.05) is 47.1 Å². The zero-order chi connectivity index (χ0) is 18.4. The van der Waals surface area contributed by atoms with Crippen molar-refractivity contribution in [2.24, 2.45) is 5.92 Å². The summed E-state index contributed by atoms with van der Waals surface area (Å²) in [4.78, 5) is 18.5. The van der Waals surface area contributed by atoms with E-state index >= 15 is 0 Å². The van der Waals surface area contributed by atoms with E-state index in [1.165, 1.54) is 27.7 Å². The minimum Gasteiger partial charge on any atom is -0.358 e. The van der Waals surface area contributed by atoms with Crippen LogP contribution in [0.25, 0.3) is 10.9 Å². The van der Waals surface area contributed by atoms with Crippen molar-refractivity contribution in [3.05, 3.63) is 35.0 Å². The lowest BCUT2D eigenvalue weighted by Crippen LogP contribution is -2.56. The van der Waals surface area contributed by atoms with E-state index in [2.05, 4.69) is 47.2 Å². The van der Waals surface area contributed by atoms with Crippen LogP contribution in [0, 0.1) is 12.8 Å². The van der Waals surface area contributed by atoms with E-state index in [0.717, 1.165) is 32.4 Å². The molecule has 1 aromatic heterocycles. The van der Waals surface area contributed by atoms with Gasteiger partial charge in [-0.15, -0.1) is 0 Å². The second-order valence-electron chi connectivity index (χ2n) is 8.47. The van der Waals surface area contributed by atoms with Crippen molar-refractivity contribution in [3.8, 4) is 0 Å². The van der Waals surface area contributed by atoms with Crippen molar-refractivity contribution in [1.29, 1.82) is 0 Å². The van der Waals surface area contributed by atoms with Gasteiger partial charge in [-0.2, -0.15) is 0 Å². The third-order valence-corrected chi connectivity index (χ3v) is 6.29. The summed E-state index contributed by atoms with van der Waals surface area (Å²) in [6, 6.07) is 7.48. The summed E-state index contributed by atoms with van der Waals surface area (Å²) < 4.78 is 0. The van der Waals surface area contributed by atoms with Gasteiger partial charge >= 0.3 is 0 Å². The van der Waals surface area contributed by atoms with E-state index in [4.69, 9.17) is 0 Å². The summed E-state index contributed by atoms with van der Waals surface area (Å²) in [6.07, 6.45) is 3.32. The minimum atomic E-state index is 0.0427. The molecule has 0 unspecified atom stereocenters. The minimum absolute atomic E-state index is 0.0427. The molecule has 2 aliphatic rings. The highest BCUT2D eigenvalue weighted by Crippen LogP contribution is 2.44. The zero-order valence-corrected chi connectivity index (χ0v) is 16.4. The first-order valence-corrected chi connectivity index (χ1v) is 10.1. The number of nitrogens with one attached hydrogen (secondary N) is 2. The van der Waals surface area contributed by atoms with Crippen LogP contribution in [0.15, 0.2) is 18.2 Å². The standard InChI is InChI=1S/C22H31N3O/c1-5-9-25-12-15(24-22(26)13(2)3)10-18-16-7-6-8-19-21(16)17(11-20(18)25)14(4)23-19/h6-8,13,15,18,20,23H,5,9-12H2,1-4H3,(H,24,26)/t15-,18+,20+/m0/s1. The highest BCUT2D eigenvalue weighted by molar-refractivity contribution is 5.89. The summed E-state index contributed by atoms with van der Waals surface area (Å²) in [6.45, 7) is 10.5. The number of aromatic amines is 1. The monoisotopic (exact) mass is 353 g/mol. The molecule has 1 amide bonds. The van der Waals surface area contributed by atoms with Crippen molar-refractivity contribution in [2.45, 2.75) is 65.0 Å². The molecule has 1 aliphatic carbocycles. The van der Waals surface area contributed by atoms with Gasteiger partial charge in [0.1, 0.15) is 0 Å². The number of fused-ring (bicyclic) bond motifs is 2. The molecular weight excluding hydrogens is 322 g/mol. The van der Waals surface area contributed by atoms with Crippen LogP contribution in [0.2, 0.25) is 0 Å². The van der Waals surface area contributed by atoms with Crippen molar-refractivity contribution in [1.82, 2.24) is 15.2 Å². The number of aromatic nitrogens is 1. The Morgan fingerprint density at radius 1 is 1.38 bits per heavy atom. The molecule has 1 aromatic carbocycles. The van der Waals surface area contributed by atoms with Gasteiger partial charge in [0.05, 0.1) is 0 Å². The smallest absolute Gasteiger partial charge is 0.222 e. The van der Waals surface area contributed by atoms with Gasteiger partial charge in [-0.05, 0) is 49.9 Å². The summed E-state index contributed by atoms with van der Waals surface area (Å²) in [5.41, 5.74) is 5.56. The molecule has 4 nitrogen and oxygen atoms in total. The van der Waals surface area contributed by atoms with Crippen LogP contribution >= 0.6 is 0 Å². The quantitative estimate of drug-likeness (QED) is 0.880. The topological polar surface area (TPSA) is 48.1 Å². The fourth-order valence-corrected chi connectivity index (χ4v) is 5.08. The maximum absolute atomic E-state index is 12.3. The molecule has 4 heteroatoms. The highest BCUT2D eigenvalue weighted by Gasteiger charge is 2.41. The third-order valence-electron chi connectivity index (χ3n) is 6.29. The molecular formula is C22H31N3O. The van der Waals surface area contributed by atoms with E-state index in [1.807, 2.05) is 13.8 Å². The van der Waals surface area contributed by atoms with Crippen LogP contribution in [0.4, 0.5) is 0 Å². The number of nitrogens with zero attached hydrogens (tertiary/aromatic N) is 1. The molecule has 0 radical (unpaired) electrons. The third kappa shape index (κ3) is 2.84. The van der Waals surface area contributed by atoms with Gasteiger partial charge in [-0.25, -0.2) is 0 Å². The number of aryl methyl sites for hydroxylation is 1. The van der Waals surface area contributed by atoms with Crippen molar-refractivity contribution >= 4 is 16.8 Å². The fourth-order valence-electron chi connectivity index (χ4n) is 5.08. The summed E-state index contributed by atoms with van der Waals surface area (Å²) in [7, 11) is 0. The largest absolute Gasteiger partial charge is 0.358 e. The predicted molar refractivity (Wildman–Crippen MR) is 107 cm³/mol. The number of H-pyrrole nitrogens is 1. The maximum Gasteiger partial charge on any atom is 0.222 e. The van der Waals surface area contributed by atoms with Crippen LogP contribution in [0.5, 0.6) is 0 Å². The van der Waals surface area contributed by atoms with E-state index < -0.39 is 0 Å². The number of hydrogen-bond acceptors (Lipinski definition) is 2. The molecule has 26 heavy (non-hydrogen) atoms. The molecule has 2 aromatic rings. The molecule has 1 fully saturated rings. The molecule has 4 rings (SSSR count). The second kappa shape index (κ2) is 6.73. The van der Waals surface area contributed by atoms with Crippen LogP contribution in [0.3, 0.4) is 0 Å². The SMILES string of the molecule is CCCN1C[C@@H](NC(=O)C(C)C)C[C@@H]2c3cccc4[nH]c(C)c(c34)C[C@H]21. The summed E-state index contributed by atoms with van der Waals surface area (Å²) in [5.74, 6) is 0.720. The number of piperidine rings is 1. The number of amides is 1. The Hall–Kier alpha value is -1.81. The molecule has 3 atom stereocenters. The maximum atomic E-state index is 12.3. The average molecular weight is 354 g/mol. The number of hydrogen-bond donors (Lipinski definition) is 2. The highest BCUT2D eigenvalue weighted by atomic mass is 16.1. The first-order chi connectivity index (χ1) is 12.5. The lowest BCUT2D eigenvalue weighted by atomic mass is 9.73. The van der Waals surface area contributed by atoms with E-state index in [0.29, 0.717) is 12.0 Å². The van der Waals surface area contributed by atoms with Gasteiger partial charge in [0.25, 0.3) is 0 Å². The number of carbonyl (C=O) groups excluding carboxylic acids is 1. The van der Waals surface area contributed by atoms with Crippen LogP contribution < -0.4 is 5.32 Å². The molecule has 0 spiro atoms. The lowest BCUT2D eigenvalue weighted by molar-refractivity contribution is -0.125. The second-order valence-corrected chi connectivity index (χ2v) is 8.47. The molecule has 140 valence electrons. The molecule has 1 aliphatic heterocycles. The Morgan fingerprint density at radius 3 is 2.92 bits per heavy atom. The lowest BCUT2D eigenvalue weighted by Gasteiger charge is -2.47. The van der Waals surface area contributed by atoms with Gasteiger partial charge < -0.3 is 10.3 Å². The van der Waals surface area contributed by atoms with Gasteiger partial charge in [0.2, 0.25) is 5.91 Å². The van der Waals surface area contributed by atoms with E-state index in [1.54, 1.807) is 0 Å². The number of carbonyl (C=O) groups is 1. The summed E-state index contributed by atoms with van der Waals surface area (Å²) in [5, 5.41) is 4.76. The van der Waals surface area contributed by atoms with Crippen LogP contribution in [0.1, 0.15) is 56.4 Å². The normalized spacial score (nSPS) is 25.5. The fraction of sp³-hybridized carbons (Fsp3) is 0.591. The summed E-state index contributed by atoms with van der Waals surface area (Å²) >= 11 is 0. The van der Waals surface area contributed by atoms with E-state index in [9.17, 15) is 4.79 Å². The number of rotatable bonds is 4. The number of likely N-dealkylation sites (tertiary alicyclic amines) is 1. The first-order valence-electron chi connectivity index (χ1n) is 10.1. The van der Waals surface area contributed by atoms with Crippen molar-refractivity contribution in [3.63, 3.8) is 0 Å². The van der Waals surface area contributed by atoms with Crippen LogP contribution in [-0.2, 0) is 11.2 Å². The van der Waals surface area contributed by atoms with Crippen molar-refractivity contribution in [2.75, 3.05) is 13.1 Å².